The van der Waals surface area contributed by atoms with Gasteiger partial charge in [0.15, 0.2) is 5.60 Å². The number of halogens is 3. The van der Waals surface area contributed by atoms with Crippen LogP contribution in [0.5, 0.6) is 0 Å². The lowest BCUT2D eigenvalue weighted by molar-refractivity contribution is -0.268. The monoisotopic (exact) mass is 343 g/mol. The predicted molar refractivity (Wildman–Crippen MR) is 82.0 cm³/mol. The molecule has 0 fully saturated rings. The van der Waals surface area contributed by atoms with E-state index >= 15 is 0 Å². The molecular formula is C16H16F3NO2S. The summed E-state index contributed by atoms with van der Waals surface area (Å²) in [5, 5.41) is 14.4. The van der Waals surface area contributed by atoms with Gasteiger partial charge in [0.2, 0.25) is 5.91 Å². The molecular weight excluding hydrogens is 327 g/mol. The van der Waals surface area contributed by atoms with E-state index in [1.807, 2.05) is 5.38 Å². The summed E-state index contributed by atoms with van der Waals surface area (Å²) in [4.78, 5) is 12.5. The van der Waals surface area contributed by atoms with E-state index < -0.39 is 18.2 Å². The number of hydrogen-bond donors (Lipinski definition) is 2. The number of aliphatic hydroxyl groups is 1. The van der Waals surface area contributed by atoms with Crippen LogP contribution in [0.25, 0.3) is 0 Å². The van der Waals surface area contributed by atoms with E-state index in [4.69, 9.17) is 0 Å². The van der Waals surface area contributed by atoms with Crippen LogP contribution in [0.4, 0.5) is 13.2 Å². The summed E-state index contributed by atoms with van der Waals surface area (Å²) < 4.78 is 39.8. The molecule has 2 aromatic rings. The Morgan fingerprint density at radius 3 is 2.39 bits per heavy atom. The molecule has 0 saturated heterocycles. The Bertz CT molecular complexity index is 629. The van der Waals surface area contributed by atoms with Gasteiger partial charge >= 0.3 is 6.18 Å². The molecule has 2 rings (SSSR count). The maximum absolute atomic E-state index is 13.3. The van der Waals surface area contributed by atoms with Crippen LogP contribution in [0.15, 0.2) is 47.8 Å². The van der Waals surface area contributed by atoms with Gasteiger partial charge in [-0.15, -0.1) is 11.3 Å². The fourth-order valence-corrected chi connectivity index (χ4v) is 2.88. The molecule has 23 heavy (non-hydrogen) atoms. The van der Waals surface area contributed by atoms with Gasteiger partial charge in [0.05, 0.1) is 6.42 Å². The molecule has 0 aliphatic carbocycles. The second kappa shape index (κ2) is 7.14. The Hall–Kier alpha value is -1.86. The average Bonchev–Trinajstić information content (AvgIpc) is 2.99. The Labute approximate surface area is 135 Å². The summed E-state index contributed by atoms with van der Waals surface area (Å²) in [6.07, 6.45) is -5.35. The fraction of sp³-hybridized carbons (Fsp3) is 0.312. The van der Waals surface area contributed by atoms with E-state index in [-0.39, 0.29) is 24.4 Å². The highest BCUT2D eigenvalue weighted by atomic mass is 32.1. The first-order valence-corrected chi connectivity index (χ1v) is 7.84. The van der Waals surface area contributed by atoms with Gasteiger partial charge < -0.3 is 10.4 Å². The third-order valence-corrected chi connectivity index (χ3v) is 4.32. The molecule has 1 amide bonds. The zero-order valence-corrected chi connectivity index (χ0v) is 13.0. The minimum Gasteiger partial charge on any atom is -0.376 e. The van der Waals surface area contributed by atoms with Crippen molar-refractivity contribution in [3.05, 3.63) is 58.3 Å². The SMILES string of the molecule is O=C(Cc1cccs1)NCCC(O)(c1ccccc1)C(F)(F)F. The first-order valence-electron chi connectivity index (χ1n) is 6.96. The zero-order chi connectivity index (χ0) is 16.9. The Balaban J connectivity index is 1.98. The normalized spacial score (nSPS) is 14.3. The van der Waals surface area contributed by atoms with Crippen LogP contribution in [0.2, 0.25) is 0 Å². The van der Waals surface area contributed by atoms with Gasteiger partial charge in [0, 0.05) is 17.8 Å². The van der Waals surface area contributed by atoms with Gasteiger partial charge in [-0.3, -0.25) is 4.79 Å². The van der Waals surface area contributed by atoms with Crippen molar-refractivity contribution in [1.29, 1.82) is 0 Å². The minimum absolute atomic E-state index is 0.119. The number of carbonyl (C=O) groups excluding carboxylic acids is 1. The number of thiophene rings is 1. The van der Waals surface area contributed by atoms with Crippen molar-refractivity contribution in [3.8, 4) is 0 Å². The lowest BCUT2D eigenvalue weighted by Gasteiger charge is -2.31. The van der Waals surface area contributed by atoms with Crippen LogP contribution in [0.1, 0.15) is 16.9 Å². The minimum atomic E-state index is -4.83. The van der Waals surface area contributed by atoms with Crippen molar-refractivity contribution in [2.75, 3.05) is 6.54 Å². The fourth-order valence-electron chi connectivity index (χ4n) is 2.18. The Morgan fingerprint density at radius 2 is 1.83 bits per heavy atom. The van der Waals surface area contributed by atoms with Crippen molar-refractivity contribution < 1.29 is 23.1 Å². The molecule has 0 spiro atoms. The van der Waals surface area contributed by atoms with E-state index in [9.17, 15) is 23.1 Å². The summed E-state index contributed by atoms with van der Waals surface area (Å²) in [5.41, 5.74) is -3.22. The molecule has 1 unspecified atom stereocenters. The summed E-state index contributed by atoms with van der Waals surface area (Å²) in [6, 6.07) is 10.5. The van der Waals surface area contributed by atoms with Crippen molar-refractivity contribution >= 4 is 17.2 Å². The maximum atomic E-state index is 13.3. The van der Waals surface area contributed by atoms with E-state index in [0.29, 0.717) is 0 Å². The molecule has 0 aliphatic heterocycles. The zero-order valence-electron chi connectivity index (χ0n) is 12.1. The van der Waals surface area contributed by atoms with Crippen molar-refractivity contribution in [2.45, 2.75) is 24.6 Å². The van der Waals surface area contributed by atoms with Gasteiger partial charge in [-0.2, -0.15) is 13.2 Å². The lowest BCUT2D eigenvalue weighted by Crippen LogP contribution is -2.45. The molecule has 0 saturated carbocycles. The Morgan fingerprint density at radius 1 is 1.13 bits per heavy atom. The lowest BCUT2D eigenvalue weighted by atomic mass is 9.89. The third kappa shape index (κ3) is 4.33. The van der Waals surface area contributed by atoms with E-state index in [2.05, 4.69) is 5.32 Å². The van der Waals surface area contributed by atoms with Crippen LogP contribution >= 0.6 is 11.3 Å². The first kappa shape index (κ1) is 17.5. The van der Waals surface area contributed by atoms with E-state index in [0.717, 1.165) is 4.88 Å². The molecule has 1 atom stereocenters. The summed E-state index contributed by atoms with van der Waals surface area (Å²) >= 11 is 1.40. The van der Waals surface area contributed by atoms with Gasteiger partial charge in [0.1, 0.15) is 0 Å². The van der Waals surface area contributed by atoms with Crippen LogP contribution in [-0.4, -0.2) is 23.7 Å². The summed E-state index contributed by atoms with van der Waals surface area (Å²) in [6.45, 7) is -0.269. The maximum Gasteiger partial charge on any atom is 0.421 e. The molecule has 2 N–H and O–H groups in total. The van der Waals surface area contributed by atoms with Gasteiger partial charge in [0.25, 0.3) is 0 Å². The molecule has 7 heteroatoms. The van der Waals surface area contributed by atoms with Gasteiger partial charge in [-0.05, 0) is 17.0 Å². The first-order chi connectivity index (χ1) is 10.8. The smallest absolute Gasteiger partial charge is 0.376 e. The number of hydrogen-bond acceptors (Lipinski definition) is 3. The molecule has 1 heterocycles. The molecule has 1 aromatic carbocycles. The molecule has 1 aromatic heterocycles. The molecule has 0 radical (unpaired) electrons. The predicted octanol–water partition coefficient (Wildman–Crippen LogP) is 3.25. The summed E-state index contributed by atoms with van der Waals surface area (Å²) in [7, 11) is 0. The van der Waals surface area contributed by atoms with Crippen LogP contribution in [0.3, 0.4) is 0 Å². The third-order valence-electron chi connectivity index (χ3n) is 3.44. The second-order valence-electron chi connectivity index (χ2n) is 5.08. The van der Waals surface area contributed by atoms with Gasteiger partial charge in [-0.1, -0.05) is 36.4 Å². The number of nitrogens with one attached hydrogen (secondary N) is 1. The van der Waals surface area contributed by atoms with Crippen LogP contribution in [-0.2, 0) is 16.8 Å². The number of benzene rings is 1. The molecule has 124 valence electrons. The summed E-state index contributed by atoms with van der Waals surface area (Å²) in [5.74, 6) is -0.370. The highest BCUT2D eigenvalue weighted by Crippen LogP contribution is 2.41. The number of amides is 1. The van der Waals surface area contributed by atoms with Crippen LogP contribution < -0.4 is 5.32 Å². The topological polar surface area (TPSA) is 49.3 Å². The van der Waals surface area contributed by atoms with Crippen molar-refractivity contribution in [3.63, 3.8) is 0 Å². The second-order valence-corrected chi connectivity index (χ2v) is 6.11. The van der Waals surface area contributed by atoms with Crippen molar-refractivity contribution in [2.24, 2.45) is 0 Å². The standard InChI is InChI=1S/C16H16F3NO2S/c17-16(18,19)15(22,12-5-2-1-3-6-12)8-9-20-14(21)11-13-7-4-10-23-13/h1-7,10,22H,8-9,11H2,(H,20,21). The molecule has 0 aliphatic rings. The van der Waals surface area contributed by atoms with Gasteiger partial charge in [-0.25, -0.2) is 0 Å². The molecule has 3 nitrogen and oxygen atoms in total. The van der Waals surface area contributed by atoms with Crippen LogP contribution in [0, 0.1) is 0 Å². The Kier molecular flexibility index (Phi) is 5.43. The number of alkyl halides is 3. The highest BCUT2D eigenvalue weighted by Gasteiger charge is 2.54. The number of carbonyl (C=O) groups is 1. The quantitative estimate of drug-likeness (QED) is 0.846. The van der Waals surface area contributed by atoms with E-state index in [1.54, 1.807) is 18.2 Å². The molecule has 0 bridgehead atoms. The average molecular weight is 343 g/mol. The van der Waals surface area contributed by atoms with Crippen molar-refractivity contribution in [1.82, 2.24) is 5.32 Å². The van der Waals surface area contributed by atoms with E-state index in [1.165, 1.54) is 35.6 Å². The highest BCUT2D eigenvalue weighted by molar-refractivity contribution is 7.10. The largest absolute Gasteiger partial charge is 0.421 e. The number of rotatable bonds is 6.